The lowest BCUT2D eigenvalue weighted by atomic mass is 9.77. The minimum Gasteiger partial charge on any atom is -0.481 e. The molecule has 0 bridgehead atoms. The summed E-state index contributed by atoms with van der Waals surface area (Å²) >= 11 is 0. The van der Waals surface area contributed by atoms with Gasteiger partial charge in [-0.15, -0.1) is 0 Å². The number of rotatable bonds is 6. The summed E-state index contributed by atoms with van der Waals surface area (Å²) in [6, 6.07) is 17.2. The molecule has 1 unspecified atom stereocenters. The fourth-order valence-corrected chi connectivity index (χ4v) is 4.50. The number of Topliss-reactive ketones (excluding diaryl/α,β-unsaturated/α-hetero) is 1. The number of benzene rings is 3. The molecule has 1 atom stereocenters. The van der Waals surface area contributed by atoms with Crippen molar-refractivity contribution in [1.82, 2.24) is 0 Å². The minimum absolute atomic E-state index is 0.0406. The summed E-state index contributed by atoms with van der Waals surface area (Å²) in [6.45, 7) is 0. The van der Waals surface area contributed by atoms with Gasteiger partial charge in [-0.25, -0.2) is 4.79 Å². The van der Waals surface area contributed by atoms with Crippen molar-refractivity contribution in [2.75, 3.05) is 0 Å². The minimum atomic E-state index is -1.27. The molecule has 0 saturated carbocycles. The Morgan fingerprint density at radius 1 is 0.971 bits per heavy atom. The number of carbonyl (C=O) groups excluding carboxylic acids is 2. The Bertz CT molecular complexity index is 1430. The van der Waals surface area contributed by atoms with Gasteiger partial charge >= 0.3 is 11.9 Å². The maximum absolute atomic E-state index is 12.8. The molecular formula is C25H17N3O6. The van der Waals surface area contributed by atoms with Crippen molar-refractivity contribution in [3.05, 3.63) is 98.9 Å². The number of hydrogen-bond acceptors (Lipinski definition) is 6. The zero-order chi connectivity index (χ0) is 23.9. The van der Waals surface area contributed by atoms with Crippen molar-refractivity contribution in [3.63, 3.8) is 0 Å². The van der Waals surface area contributed by atoms with Crippen molar-refractivity contribution in [3.8, 4) is 11.5 Å². The third-order valence-electron chi connectivity index (χ3n) is 5.94. The lowest BCUT2D eigenvalue weighted by Crippen LogP contribution is -2.33. The van der Waals surface area contributed by atoms with Crippen molar-refractivity contribution in [1.29, 1.82) is 0 Å². The second-order valence-corrected chi connectivity index (χ2v) is 8.03. The highest BCUT2D eigenvalue weighted by Gasteiger charge is 2.53. The van der Waals surface area contributed by atoms with E-state index in [2.05, 4.69) is 10.0 Å². The molecule has 0 saturated heterocycles. The van der Waals surface area contributed by atoms with Gasteiger partial charge in [0.05, 0.1) is 12.0 Å². The van der Waals surface area contributed by atoms with Crippen LogP contribution in [-0.2, 0) is 26.3 Å². The summed E-state index contributed by atoms with van der Waals surface area (Å²) in [5, 5.41) is 12.5. The zero-order valence-electron chi connectivity index (χ0n) is 17.7. The van der Waals surface area contributed by atoms with Crippen LogP contribution in [0.4, 0.5) is 5.69 Å². The normalized spacial score (nSPS) is 17.0. The molecule has 2 heterocycles. The van der Waals surface area contributed by atoms with Crippen LogP contribution in [0.15, 0.2) is 65.8 Å². The van der Waals surface area contributed by atoms with Gasteiger partial charge in [-0.1, -0.05) is 47.6 Å². The van der Waals surface area contributed by atoms with Crippen molar-refractivity contribution < 1.29 is 29.0 Å². The van der Waals surface area contributed by atoms with Crippen LogP contribution < -0.4 is 4.74 Å². The summed E-state index contributed by atoms with van der Waals surface area (Å²) in [4.78, 5) is 38.7. The standard InChI is InChI=1S/C25H17N3O6/c26-28-27-15-6-9-20-22(13-15)33-21-12-14(11-16(29)7-10-23(30)31)5-8-19(21)25(20)18-4-2-1-3-17(18)24(32)34-25/h1-6,8-9,12-13H,7,10-11H2,(H,30,31). The third-order valence-corrected chi connectivity index (χ3v) is 5.94. The lowest BCUT2D eigenvalue weighted by Gasteiger charge is -2.36. The van der Waals surface area contributed by atoms with Gasteiger partial charge in [-0.3, -0.25) is 9.59 Å². The van der Waals surface area contributed by atoms with E-state index >= 15 is 0 Å². The molecule has 5 rings (SSSR count). The zero-order valence-corrected chi connectivity index (χ0v) is 17.7. The van der Waals surface area contributed by atoms with Gasteiger partial charge in [-0.05, 0) is 29.3 Å². The van der Waals surface area contributed by atoms with Crippen LogP contribution in [0.25, 0.3) is 10.4 Å². The van der Waals surface area contributed by atoms with Gasteiger partial charge in [0, 0.05) is 40.1 Å². The average Bonchev–Trinajstić information content (AvgIpc) is 3.11. The molecule has 3 aromatic carbocycles. The van der Waals surface area contributed by atoms with Crippen LogP contribution in [0.3, 0.4) is 0 Å². The van der Waals surface area contributed by atoms with Gasteiger partial charge in [0.2, 0.25) is 0 Å². The predicted octanol–water partition coefficient (Wildman–Crippen LogP) is 5.17. The molecule has 2 aliphatic rings. The summed E-state index contributed by atoms with van der Waals surface area (Å²) in [7, 11) is 0. The molecule has 34 heavy (non-hydrogen) atoms. The molecule has 0 amide bonds. The van der Waals surface area contributed by atoms with E-state index in [9.17, 15) is 14.4 Å². The second kappa shape index (κ2) is 8.06. The van der Waals surface area contributed by atoms with E-state index < -0.39 is 17.5 Å². The smallest absolute Gasteiger partial charge is 0.340 e. The fourth-order valence-electron chi connectivity index (χ4n) is 4.50. The predicted molar refractivity (Wildman–Crippen MR) is 119 cm³/mol. The first-order valence-electron chi connectivity index (χ1n) is 10.5. The molecule has 0 fully saturated rings. The van der Waals surface area contributed by atoms with Crippen LogP contribution in [0, 0.1) is 0 Å². The highest BCUT2D eigenvalue weighted by atomic mass is 16.6. The number of carbonyl (C=O) groups is 3. The molecule has 0 aromatic heterocycles. The van der Waals surface area contributed by atoms with E-state index in [1.165, 1.54) is 0 Å². The number of carboxylic acids is 1. The topological polar surface area (TPSA) is 139 Å². The number of nitrogens with zero attached hydrogens (tertiary/aromatic N) is 3. The Labute approximate surface area is 193 Å². The highest BCUT2D eigenvalue weighted by molar-refractivity contribution is 5.97. The van der Waals surface area contributed by atoms with Gasteiger partial charge in [-0.2, -0.15) is 0 Å². The van der Waals surface area contributed by atoms with E-state index in [4.69, 9.17) is 20.1 Å². The van der Waals surface area contributed by atoms with E-state index in [0.29, 0.717) is 45.0 Å². The summed E-state index contributed by atoms with van der Waals surface area (Å²) < 4.78 is 12.2. The van der Waals surface area contributed by atoms with Gasteiger partial charge in [0.15, 0.2) is 5.60 Å². The van der Waals surface area contributed by atoms with Crippen molar-refractivity contribution in [2.24, 2.45) is 5.11 Å². The van der Waals surface area contributed by atoms with E-state index in [1.807, 2.05) is 12.1 Å². The number of fused-ring (bicyclic) bond motifs is 6. The van der Waals surface area contributed by atoms with E-state index in [1.54, 1.807) is 48.5 Å². The van der Waals surface area contributed by atoms with E-state index in [0.717, 1.165) is 0 Å². The quantitative estimate of drug-likeness (QED) is 0.235. The Kier molecular flexibility index (Phi) is 5.03. The van der Waals surface area contributed by atoms with Gasteiger partial charge in [0.25, 0.3) is 0 Å². The number of aliphatic carboxylic acids is 1. The monoisotopic (exact) mass is 455 g/mol. The van der Waals surface area contributed by atoms with Gasteiger partial charge in [0.1, 0.15) is 17.3 Å². The van der Waals surface area contributed by atoms with E-state index in [-0.39, 0.29) is 25.0 Å². The molecule has 2 aliphatic heterocycles. The van der Waals surface area contributed by atoms with Crippen LogP contribution >= 0.6 is 0 Å². The first-order chi connectivity index (χ1) is 16.4. The van der Waals surface area contributed by atoms with Gasteiger partial charge < -0.3 is 14.6 Å². The molecule has 0 radical (unpaired) electrons. The van der Waals surface area contributed by atoms with Crippen molar-refractivity contribution in [2.45, 2.75) is 24.9 Å². The number of esters is 1. The maximum Gasteiger partial charge on any atom is 0.340 e. The van der Waals surface area contributed by atoms with Crippen LogP contribution in [-0.4, -0.2) is 22.8 Å². The molecule has 9 heteroatoms. The first kappa shape index (κ1) is 21.2. The van der Waals surface area contributed by atoms with Crippen LogP contribution in [0.2, 0.25) is 0 Å². The average molecular weight is 455 g/mol. The fraction of sp³-hybridized carbons (Fsp3) is 0.160. The molecule has 1 N–H and O–H groups in total. The van der Waals surface area contributed by atoms with Crippen LogP contribution in [0.5, 0.6) is 11.5 Å². The number of ketones is 1. The number of azide groups is 1. The Hall–Kier alpha value is -4.62. The summed E-state index contributed by atoms with van der Waals surface area (Å²) in [5.41, 5.74) is 10.8. The molecule has 1 spiro atoms. The highest BCUT2D eigenvalue weighted by Crippen LogP contribution is 2.56. The summed E-state index contributed by atoms with van der Waals surface area (Å²) in [6.07, 6.45) is -0.259. The maximum atomic E-state index is 12.8. The largest absolute Gasteiger partial charge is 0.481 e. The number of carboxylic acid groups (broad SMARTS) is 1. The molecule has 168 valence electrons. The third kappa shape index (κ3) is 3.35. The number of hydrogen-bond donors (Lipinski definition) is 1. The van der Waals surface area contributed by atoms with Crippen molar-refractivity contribution >= 4 is 23.4 Å². The Morgan fingerprint density at radius 3 is 2.47 bits per heavy atom. The molecule has 9 nitrogen and oxygen atoms in total. The Balaban J connectivity index is 1.64. The lowest BCUT2D eigenvalue weighted by molar-refractivity contribution is -0.138. The first-order valence-corrected chi connectivity index (χ1v) is 10.5. The summed E-state index contributed by atoms with van der Waals surface area (Å²) in [5.74, 6) is -0.967. The second-order valence-electron chi connectivity index (χ2n) is 8.03. The van der Waals surface area contributed by atoms with Crippen LogP contribution in [0.1, 0.15) is 45.5 Å². The molecular weight excluding hydrogens is 438 g/mol. The molecule has 0 aliphatic carbocycles. The molecule has 3 aromatic rings. The SMILES string of the molecule is [N-]=[N+]=Nc1ccc2c(c1)Oc1cc(CC(=O)CCC(=O)O)ccc1C21OC(=O)c2ccccc21. The Morgan fingerprint density at radius 2 is 1.71 bits per heavy atom. The number of ether oxygens (including phenoxy) is 2.